The standard InChI is InChI=1S/C13H18BrN3O4S.BrH/c1-17(2,3)9-13(19)16-22(20,21)11-6-4-10(5-7-11)15-12(18)8-14;/h4-7H,8-9H2,1-3H3,(H-,15,16,18,19);1H. The Bertz CT molecular complexity index is 667. The van der Waals surface area contributed by atoms with Crippen LogP contribution in [0.5, 0.6) is 0 Å². The smallest absolute Gasteiger partial charge is 0.281 e. The van der Waals surface area contributed by atoms with Crippen LogP contribution in [0.15, 0.2) is 33.6 Å². The van der Waals surface area contributed by atoms with Gasteiger partial charge in [-0.15, -0.1) is 17.0 Å². The van der Waals surface area contributed by atoms with Gasteiger partial charge in [-0.1, -0.05) is 15.9 Å². The van der Waals surface area contributed by atoms with Crippen molar-refractivity contribution >= 4 is 60.4 Å². The molecule has 10 heteroatoms. The summed E-state index contributed by atoms with van der Waals surface area (Å²) in [7, 11) is 1.26. The molecule has 0 heterocycles. The Morgan fingerprint density at radius 1 is 1.26 bits per heavy atom. The first-order valence-electron chi connectivity index (χ1n) is 6.31. The maximum Gasteiger partial charge on any atom is 0.281 e. The molecular weight excluding hydrogens is 454 g/mol. The number of likely N-dealkylation sites (N-methyl/N-ethyl adjacent to an activating group) is 1. The molecule has 0 aliphatic carbocycles. The van der Waals surface area contributed by atoms with Crippen LogP contribution in [0.25, 0.3) is 0 Å². The van der Waals surface area contributed by atoms with Crippen LogP contribution in [0, 0.1) is 0 Å². The Kier molecular flexibility index (Phi) is 8.39. The van der Waals surface area contributed by atoms with E-state index < -0.39 is 15.9 Å². The zero-order valence-corrected chi connectivity index (χ0v) is 17.1. The number of quaternary nitrogens is 1. The zero-order valence-electron chi connectivity index (χ0n) is 12.9. The Labute approximate surface area is 154 Å². The molecule has 0 aliphatic heterocycles. The molecule has 0 fully saturated rings. The highest BCUT2D eigenvalue weighted by Gasteiger charge is 2.14. The van der Waals surface area contributed by atoms with Gasteiger partial charge in [-0.25, -0.2) is 0 Å². The van der Waals surface area contributed by atoms with Crippen molar-refractivity contribution in [1.29, 1.82) is 0 Å². The van der Waals surface area contributed by atoms with Crippen LogP contribution in [0.2, 0.25) is 0 Å². The molecule has 0 spiro atoms. The van der Waals surface area contributed by atoms with E-state index in [1.165, 1.54) is 24.3 Å². The highest BCUT2D eigenvalue weighted by atomic mass is 79.9. The number of anilines is 1. The summed E-state index contributed by atoms with van der Waals surface area (Å²) in [6.07, 6.45) is 0. The molecule has 0 aromatic heterocycles. The van der Waals surface area contributed by atoms with Gasteiger partial charge in [0.15, 0.2) is 0 Å². The van der Waals surface area contributed by atoms with Crippen molar-refractivity contribution in [3.05, 3.63) is 24.3 Å². The van der Waals surface area contributed by atoms with Gasteiger partial charge in [0.2, 0.25) is 5.91 Å². The number of carbonyl (C=O) groups is 1. The summed E-state index contributed by atoms with van der Waals surface area (Å²) in [5, 5.41) is 14.4. The van der Waals surface area contributed by atoms with E-state index in [0.29, 0.717) is 5.69 Å². The summed E-state index contributed by atoms with van der Waals surface area (Å²) in [6, 6.07) is 5.46. The second kappa shape index (κ2) is 8.76. The van der Waals surface area contributed by atoms with E-state index >= 15 is 0 Å². The highest BCUT2D eigenvalue weighted by molar-refractivity contribution is 9.09. The molecule has 0 bridgehead atoms. The van der Waals surface area contributed by atoms with Crippen LogP contribution in [0.4, 0.5) is 5.69 Å². The largest absolute Gasteiger partial charge is 0.857 e. The van der Waals surface area contributed by atoms with Crippen molar-refractivity contribution in [2.45, 2.75) is 4.90 Å². The summed E-state index contributed by atoms with van der Waals surface area (Å²) < 4.78 is 27.6. The maximum atomic E-state index is 12.0. The molecule has 1 rings (SSSR count). The number of rotatable bonds is 6. The van der Waals surface area contributed by atoms with Gasteiger partial charge in [-0.05, 0) is 24.3 Å². The predicted octanol–water partition coefficient (Wildman–Crippen LogP) is 0.752. The molecule has 1 amide bonds. The lowest BCUT2D eigenvalue weighted by Gasteiger charge is -2.26. The monoisotopic (exact) mass is 471 g/mol. The molecule has 130 valence electrons. The number of nitrogens with zero attached hydrogens (tertiary/aromatic N) is 2. The molecule has 0 atom stereocenters. The van der Waals surface area contributed by atoms with Gasteiger partial charge in [0, 0.05) is 11.6 Å². The Hall–Kier alpha value is -0.970. The van der Waals surface area contributed by atoms with Crippen molar-refractivity contribution in [3.8, 4) is 0 Å². The average molecular weight is 473 g/mol. The fraction of sp³-hybridized carbons (Fsp3) is 0.385. The number of benzene rings is 1. The van der Waals surface area contributed by atoms with E-state index in [1.807, 2.05) is 0 Å². The Morgan fingerprint density at radius 2 is 1.78 bits per heavy atom. The first-order chi connectivity index (χ1) is 10.0. The van der Waals surface area contributed by atoms with Gasteiger partial charge in [0.05, 0.1) is 31.4 Å². The van der Waals surface area contributed by atoms with Crippen molar-refractivity contribution in [2.75, 3.05) is 38.3 Å². The van der Waals surface area contributed by atoms with Crippen molar-refractivity contribution in [2.24, 2.45) is 4.40 Å². The van der Waals surface area contributed by atoms with Crippen molar-refractivity contribution in [1.82, 2.24) is 0 Å². The molecule has 0 unspecified atom stereocenters. The minimum absolute atomic E-state index is 0. The molecule has 0 aliphatic rings. The van der Waals surface area contributed by atoms with Crippen LogP contribution in [0.3, 0.4) is 0 Å². The molecule has 0 saturated carbocycles. The minimum Gasteiger partial charge on any atom is -0.857 e. The SMILES string of the molecule is Br.C[N+](C)(C)CC([O-])=NS(=O)(=O)c1ccc(NC(=O)CBr)cc1. The summed E-state index contributed by atoms with van der Waals surface area (Å²) in [5.41, 5.74) is 0.459. The third kappa shape index (κ3) is 7.91. The number of halogens is 2. The van der Waals surface area contributed by atoms with Crippen molar-refractivity contribution in [3.63, 3.8) is 0 Å². The van der Waals surface area contributed by atoms with Crippen LogP contribution >= 0.6 is 32.9 Å². The fourth-order valence-corrected chi connectivity index (χ4v) is 2.58. The number of hydrogen-bond donors (Lipinski definition) is 1. The number of alkyl halides is 1. The lowest BCUT2D eigenvalue weighted by atomic mass is 10.3. The molecule has 23 heavy (non-hydrogen) atoms. The van der Waals surface area contributed by atoms with Crippen molar-refractivity contribution < 1.29 is 22.8 Å². The van der Waals surface area contributed by atoms with Crippen LogP contribution in [-0.2, 0) is 14.8 Å². The topological polar surface area (TPSA) is 98.7 Å². The zero-order chi connectivity index (χ0) is 17.0. The van der Waals surface area contributed by atoms with Crippen LogP contribution in [0.1, 0.15) is 0 Å². The molecule has 1 aromatic carbocycles. The van der Waals surface area contributed by atoms with Crippen LogP contribution < -0.4 is 10.4 Å². The second-order valence-corrected chi connectivity index (χ2v) is 7.78. The van der Waals surface area contributed by atoms with E-state index in [2.05, 4.69) is 25.6 Å². The molecule has 0 saturated heterocycles. The predicted molar refractivity (Wildman–Crippen MR) is 96.7 cm³/mol. The first kappa shape index (κ1) is 22.0. The molecular formula is C13H19Br2N3O4S. The average Bonchev–Trinajstić information content (AvgIpc) is 2.36. The summed E-state index contributed by atoms with van der Waals surface area (Å²) in [6.45, 7) is -0.0153. The third-order valence-corrected chi connectivity index (χ3v) is 4.21. The molecule has 1 aromatic rings. The van der Waals surface area contributed by atoms with Gasteiger partial charge in [0.25, 0.3) is 10.0 Å². The number of carbonyl (C=O) groups excluding carboxylic acids is 1. The highest BCUT2D eigenvalue weighted by Crippen LogP contribution is 2.16. The summed E-state index contributed by atoms with van der Waals surface area (Å²) >= 11 is 3.01. The van der Waals surface area contributed by atoms with E-state index in [1.54, 1.807) is 21.1 Å². The van der Waals surface area contributed by atoms with Gasteiger partial charge in [-0.3, -0.25) is 4.79 Å². The Morgan fingerprint density at radius 3 is 2.22 bits per heavy atom. The van der Waals surface area contributed by atoms with E-state index in [-0.39, 0.29) is 44.1 Å². The molecule has 0 radical (unpaired) electrons. The summed E-state index contributed by atoms with van der Waals surface area (Å²) in [5.74, 6) is -0.956. The third-order valence-electron chi connectivity index (χ3n) is 2.39. The van der Waals surface area contributed by atoms with Gasteiger partial charge in [-0.2, -0.15) is 12.8 Å². The summed E-state index contributed by atoms with van der Waals surface area (Å²) in [4.78, 5) is 11.1. The lowest BCUT2D eigenvalue weighted by Crippen LogP contribution is -2.44. The van der Waals surface area contributed by atoms with Gasteiger partial charge in [0.1, 0.15) is 6.54 Å². The van der Waals surface area contributed by atoms with E-state index in [9.17, 15) is 18.3 Å². The fourth-order valence-electron chi connectivity index (χ4n) is 1.53. The number of hydrogen-bond acceptors (Lipinski definition) is 4. The lowest BCUT2D eigenvalue weighted by molar-refractivity contribution is -0.863. The van der Waals surface area contributed by atoms with E-state index in [4.69, 9.17) is 0 Å². The Balaban J connectivity index is 0.00000484. The maximum absolute atomic E-state index is 12.0. The number of sulfonamides is 1. The first-order valence-corrected chi connectivity index (χ1v) is 8.87. The molecule has 7 nitrogen and oxygen atoms in total. The normalized spacial score (nSPS) is 12.4. The number of amides is 1. The van der Waals surface area contributed by atoms with E-state index in [0.717, 1.165) is 0 Å². The quantitative estimate of drug-likeness (QED) is 0.286. The van der Waals surface area contributed by atoms with Gasteiger partial charge < -0.3 is 14.9 Å². The second-order valence-electron chi connectivity index (χ2n) is 5.61. The van der Waals surface area contributed by atoms with Crippen LogP contribution in [-0.4, -0.2) is 57.7 Å². The minimum atomic E-state index is -4.04. The van der Waals surface area contributed by atoms with Gasteiger partial charge >= 0.3 is 0 Å². The number of nitrogens with one attached hydrogen (secondary N) is 1. The molecule has 1 N–H and O–H groups in total.